The third-order valence-electron chi connectivity index (χ3n) is 3.67. The summed E-state index contributed by atoms with van der Waals surface area (Å²) in [6, 6.07) is 1.93. The van der Waals surface area contributed by atoms with Gasteiger partial charge in [-0.3, -0.25) is 14.3 Å². The molecule has 2 rings (SSSR count). The lowest BCUT2D eigenvalue weighted by Crippen LogP contribution is -2.17. The number of methoxy groups -OCH3 is 1. The van der Waals surface area contributed by atoms with Crippen molar-refractivity contribution in [1.82, 2.24) is 9.78 Å². The number of hydrogen-bond acceptors (Lipinski definition) is 6. The molecule has 0 aliphatic heterocycles. The van der Waals surface area contributed by atoms with E-state index in [0.29, 0.717) is 12.1 Å². The van der Waals surface area contributed by atoms with Crippen molar-refractivity contribution in [3.05, 3.63) is 33.5 Å². The first-order valence-corrected chi connectivity index (χ1v) is 8.38. The molecule has 0 saturated carbocycles. The normalized spacial score (nSPS) is 10.6. The summed E-state index contributed by atoms with van der Waals surface area (Å²) >= 11 is 0.965. The van der Waals surface area contributed by atoms with E-state index >= 15 is 0 Å². The van der Waals surface area contributed by atoms with E-state index < -0.39 is 11.9 Å². The van der Waals surface area contributed by atoms with Crippen molar-refractivity contribution in [2.45, 2.75) is 33.7 Å². The molecule has 9 heteroatoms. The summed E-state index contributed by atoms with van der Waals surface area (Å²) in [6.07, 6.45) is 0.172. The second kappa shape index (κ2) is 7.47. The second-order valence-electron chi connectivity index (χ2n) is 5.56. The smallest absolute Gasteiger partial charge is 0.341 e. The van der Waals surface area contributed by atoms with Gasteiger partial charge in [0.2, 0.25) is 5.91 Å². The molecule has 0 unspecified atom stereocenters. The minimum atomic E-state index is -0.657. The molecule has 0 fully saturated rings. The quantitative estimate of drug-likeness (QED) is 0.758. The fraction of sp³-hybridized carbons (Fsp3) is 0.375. The van der Waals surface area contributed by atoms with Gasteiger partial charge in [-0.2, -0.15) is 5.10 Å². The number of anilines is 1. The van der Waals surface area contributed by atoms with Crippen LogP contribution in [0.25, 0.3) is 0 Å². The van der Waals surface area contributed by atoms with Crippen molar-refractivity contribution in [2.75, 3.05) is 12.4 Å². The minimum absolute atomic E-state index is 0.153. The van der Waals surface area contributed by atoms with Crippen LogP contribution in [-0.2, 0) is 16.1 Å². The van der Waals surface area contributed by atoms with Crippen molar-refractivity contribution in [3.8, 4) is 0 Å². The van der Waals surface area contributed by atoms with E-state index in [9.17, 15) is 14.4 Å². The fourth-order valence-electron chi connectivity index (χ4n) is 2.48. The topological polar surface area (TPSA) is 116 Å². The number of hydrogen-bond donors (Lipinski definition) is 2. The average Bonchev–Trinajstić information content (AvgIpc) is 3.03. The molecule has 0 spiro atoms. The molecule has 3 N–H and O–H groups in total. The van der Waals surface area contributed by atoms with Crippen LogP contribution in [0.1, 0.15) is 43.4 Å². The second-order valence-corrected chi connectivity index (χ2v) is 6.59. The van der Waals surface area contributed by atoms with E-state index in [1.54, 1.807) is 11.6 Å². The molecular weight excluding hydrogens is 344 g/mol. The van der Waals surface area contributed by atoms with Gasteiger partial charge in [0, 0.05) is 18.7 Å². The number of carbonyl (C=O) groups is 3. The van der Waals surface area contributed by atoms with Gasteiger partial charge >= 0.3 is 5.97 Å². The summed E-state index contributed by atoms with van der Waals surface area (Å²) in [4.78, 5) is 35.9. The molecule has 134 valence electrons. The third-order valence-corrected chi connectivity index (χ3v) is 4.89. The Morgan fingerprint density at radius 1 is 1.32 bits per heavy atom. The Bertz CT molecular complexity index is 838. The van der Waals surface area contributed by atoms with Gasteiger partial charge in [0.05, 0.1) is 23.2 Å². The van der Waals surface area contributed by atoms with E-state index in [4.69, 9.17) is 10.5 Å². The van der Waals surface area contributed by atoms with Gasteiger partial charge in [0.1, 0.15) is 5.00 Å². The number of primary amides is 1. The van der Waals surface area contributed by atoms with Gasteiger partial charge in [-0.25, -0.2) is 4.79 Å². The molecule has 25 heavy (non-hydrogen) atoms. The Morgan fingerprint density at radius 2 is 2.00 bits per heavy atom. The lowest BCUT2D eigenvalue weighted by atomic mass is 10.1. The Kier molecular flexibility index (Phi) is 5.58. The number of ether oxygens (including phenoxy) is 1. The molecule has 2 aromatic rings. The maximum absolute atomic E-state index is 12.2. The van der Waals surface area contributed by atoms with Crippen molar-refractivity contribution in [1.29, 1.82) is 0 Å². The highest BCUT2D eigenvalue weighted by Gasteiger charge is 2.25. The van der Waals surface area contributed by atoms with Crippen molar-refractivity contribution in [2.24, 2.45) is 5.73 Å². The molecule has 0 aliphatic carbocycles. The summed E-state index contributed by atoms with van der Waals surface area (Å²) in [5, 5.41) is 7.22. The summed E-state index contributed by atoms with van der Waals surface area (Å²) in [5.41, 5.74) is 7.71. The molecule has 0 atom stereocenters. The van der Waals surface area contributed by atoms with Crippen LogP contribution in [-0.4, -0.2) is 34.7 Å². The standard InChI is InChI=1S/C16H20N4O4S/c1-8-7-9(2)20(19-8)6-5-11(21)18-15-12(16(23)24-4)10(3)13(25-15)14(17)22/h7H,5-6H2,1-4H3,(H2,17,22)(H,18,21). The summed E-state index contributed by atoms with van der Waals surface area (Å²) < 4.78 is 6.47. The fourth-order valence-corrected chi connectivity index (χ4v) is 3.55. The number of nitrogens with zero attached hydrogens (tertiary/aromatic N) is 2. The molecule has 0 bridgehead atoms. The molecule has 8 nitrogen and oxygen atoms in total. The Hall–Kier alpha value is -2.68. The van der Waals surface area contributed by atoms with Crippen molar-refractivity contribution in [3.63, 3.8) is 0 Å². The Labute approximate surface area is 149 Å². The number of esters is 1. The summed E-state index contributed by atoms with van der Waals surface area (Å²) in [5.74, 6) is -1.58. The van der Waals surface area contributed by atoms with Crippen LogP contribution in [0.3, 0.4) is 0 Å². The molecule has 0 radical (unpaired) electrons. The number of thiophene rings is 1. The van der Waals surface area contributed by atoms with Gasteiger partial charge in [-0.05, 0) is 32.4 Å². The van der Waals surface area contributed by atoms with Crippen molar-refractivity contribution < 1.29 is 19.1 Å². The average molecular weight is 364 g/mol. The van der Waals surface area contributed by atoms with Crippen molar-refractivity contribution >= 4 is 34.1 Å². The SMILES string of the molecule is COC(=O)c1c(NC(=O)CCn2nc(C)cc2C)sc(C(N)=O)c1C. The van der Waals surface area contributed by atoms with Crippen LogP contribution in [0.5, 0.6) is 0 Å². The number of carbonyl (C=O) groups excluding carboxylic acids is 3. The zero-order chi connectivity index (χ0) is 18.7. The number of rotatable bonds is 6. The molecule has 2 aromatic heterocycles. The van der Waals surface area contributed by atoms with E-state index in [1.807, 2.05) is 19.9 Å². The highest BCUT2D eigenvalue weighted by Crippen LogP contribution is 2.33. The van der Waals surface area contributed by atoms with E-state index in [-0.39, 0.29) is 27.8 Å². The molecule has 2 heterocycles. The molecule has 2 amide bonds. The van der Waals surface area contributed by atoms with Gasteiger partial charge in [0.25, 0.3) is 5.91 Å². The lowest BCUT2D eigenvalue weighted by molar-refractivity contribution is -0.116. The maximum atomic E-state index is 12.2. The maximum Gasteiger partial charge on any atom is 0.341 e. The predicted molar refractivity (Wildman–Crippen MR) is 93.9 cm³/mol. The lowest BCUT2D eigenvalue weighted by Gasteiger charge is -2.07. The van der Waals surface area contributed by atoms with Gasteiger partial charge in [0.15, 0.2) is 0 Å². The van der Waals surface area contributed by atoms with E-state index in [2.05, 4.69) is 10.4 Å². The molecule has 0 aromatic carbocycles. The van der Waals surface area contributed by atoms with Crippen LogP contribution in [0.4, 0.5) is 5.00 Å². The highest BCUT2D eigenvalue weighted by molar-refractivity contribution is 7.18. The summed E-state index contributed by atoms with van der Waals surface area (Å²) in [7, 11) is 1.23. The van der Waals surface area contributed by atoms with Gasteiger partial charge in [-0.15, -0.1) is 11.3 Å². The number of aromatic nitrogens is 2. The highest BCUT2D eigenvalue weighted by atomic mass is 32.1. The predicted octanol–water partition coefficient (Wildman–Crippen LogP) is 1.78. The molecule has 0 aliphatic rings. The van der Waals surface area contributed by atoms with Crippen LogP contribution < -0.4 is 11.1 Å². The first kappa shape index (κ1) is 18.7. The van der Waals surface area contributed by atoms with Crippen LogP contribution >= 0.6 is 11.3 Å². The Balaban J connectivity index is 2.16. The zero-order valence-electron chi connectivity index (χ0n) is 14.5. The van der Waals surface area contributed by atoms with Crippen LogP contribution in [0, 0.1) is 20.8 Å². The van der Waals surface area contributed by atoms with E-state index in [0.717, 1.165) is 22.7 Å². The number of amides is 2. The number of nitrogens with one attached hydrogen (secondary N) is 1. The first-order chi connectivity index (χ1) is 11.7. The number of aryl methyl sites for hydroxylation is 3. The van der Waals surface area contributed by atoms with Gasteiger partial charge < -0.3 is 15.8 Å². The molecular formula is C16H20N4O4S. The van der Waals surface area contributed by atoms with Gasteiger partial charge in [-0.1, -0.05) is 0 Å². The van der Waals surface area contributed by atoms with Crippen LogP contribution in [0.2, 0.25) is 0 Å². The summed E-state index contributed by atoms with van der Waals surface area (Å²) in [6.45, 7) is 5.79. The largest absolute Gasteiger partial charge is 0.465 e. The van der Waals surface area contributed by atoms with E-state index in [1.165, 1.54) is 7.11 Å². The zero-order valence-corrected chi connectivity index (χ0v) is 15.3. The number of nitrogens with two attached hydrogens (primary N) is 1. The monoisotopic (exact) mass is 364 g/mol. The van der Waals surface area contributed by atoms with Crippen LogP contribution in [0.15, 0.2) is 6.07 Å². The Morgan fingerprint density at radius 3 is 2.52 bits per heavy atom. The first-order valence-electron chi connectivity index (χ1n) is 7.57. The minimum Gasteiger partial charge on any atom is -0.465 e. The third kappa shape index (κ3) is 4.05. The molecule has 0 saturated heterocycles.